The molecule has 0 atom stereocenters. The van der Waals surface area contributed by atoms with Crippen LogP contribution in [-0.4, -0.2) is 43.2 Å². The van der Waals surface area contributed by atoms with Crippen LogP contribution in [0.3, 0.4) is 0 Å². The van der Waals surface area contributed by atoms with Crippen LogP contribution >= 0.6 is 0 Å². The largest absolute Gasteiger partial charge is 0.484 e. The number of carbonyl (C=O) groups is 2. The van der Waals surface area contributed by atoms with E-state index in [-0.39, 0.29) is 36.9 Å². The van der Waals surface area contributed by atoms with Crippen molar-refractivity contribution < 1.29 is 28.2 Å². The first-order valence-corrected chi connectivity index (χ1v) is 9.45. The van der Waals surface area contributed by atoms with Crippen molar-refractivity contribution in [2.75, 3.05) is 31.8 Å². The van der Waals surface area contributed by atoms with Gasteiger partial charge in [0.05, 0.1) is 0 Å². The van der Waals surface area contributed by atoms with E-state index in [2.05, 4.69) is 5.32 Å². The highest BCUT2D eigenvalue weighted by Gasteiger charge is 2.28. The van der Waals surface area contributed by atoms with Crippen LogP contribution in [0.2, 0.25) is 0 Å². The minimum absolute atomic E-state index is 0.0708. The molecule has 0 radical (unpaired) electrons. The third-order valence-electron chi connectivity index (χ3n) is 5.03. The summed E-state index contributed by atoms with van der Waals surface area (Å²) in [6.45, 7) is 1.06. The number of benzene rings is 2. The number of hydrogen-bond donors (Lipinski definition) is 1. The Morgan fingerprint density at radius 1 is 1.07 bits per heavy atom. The minimum Gasteiger partial charge on any atom is -0.484 e. The number of carbonyl (C=O) groups excluding carboxylic acids is 2. The fourth-order valence-corrected chi connectivity index (χ4v) is 3.38. The van der Waals surface area contributed by atoms with Gasteiger partial charge in [-0.2, -0.15) is 0 Å². The number of nitrogens with zero attached hydrogens (tertiary/aromatic N) is 1. The SMILES string of the molecule is O=C(Nc1ccc2c(c1)OCO2)C1CCN(C(=O)COc2ccc(F)cc2)CC1. The van der Waals surface area contributed by atoms with Crippen LogP contribution in [0, 0.1) is 11.7 Å². The number of piperidine rings is 1. The Bertz CT molecular complexity index is 894. The van der Waals surface area contributed by atoms with Crippen molar-refractivity contribution in [2.24, 2.45) is 5.92 Å². The third kappa shape index (κ3) is 4.59. The predicted octanol–water partition coefficient (Wildman–Crippen LogP) is 2.81. The quantitative estimate of drug-likeness (QED) is 0.835. The monoisotopic (exact) mass is 400 g/mol. The van der Waals surface area contributed by atoms with Crippen molar-refractivity contribution in [1.29, 1.82) is 0 Å². The molecule has 2 heterocycles. The Balaban J connectivity index is 1.23. The number of fused-ring (bicyclic) bond motifs is 1. The van der Waals surface area contributed by atoms with Crippen LogP contribution in [0.25, 0.3) is 0 Å². The number of amides is 2. The van der Waals surface area contributed by atoms with E-state index in [0.717, 1.165) is 0 Å². The molecule has 8 heteroatoms. The number of ether oxygens (including phenoxy) is 3. The highest BCUT2D eigenvalue weighted by molar-refractivity contribution is 5.93. The molecular weight excluding hydrogens is 379 g/mol. The fourth-order valence-electron chi connectivity index (χ4n) is 3.38. The molecule has 0 spiro atoms. The van der Waals surface area contributed by atoms with Gasteiger partial charge in [0.2, 0.25) is 12.7 Å². The maximum Gasteiger partial charge on any atom is 0.260 e. The van der Waals surface area contributed by atoms with Crippen LogP contribution in [0.15, 0.2) is 42.5 Å². The van der Waals surface area contributed by atoms with E-state index in [1.54, 1.807) is 23.1 Å². The lowest BCUT2D eigenvalue weighted by atomic mass is 9.95. The van der Waals surface area contributed by atoms with E-state index in [0.29, 0.717) is 48.9 Å². The standard InChI is InChI=1S/C21H21FN2O5/c22-15-1-4-17(5-2-15)27-12-20(25)24-9-7-14(8-10-24)21(26)23-16-3-6-18-19(11-16)29-13-28-18/h1-6,11,14H,7-10,12-13H2,(H,23,26). The molecule has 152 valence electrons. The van der Waals surface area contributed by atoms with Crippen LogP contribution < -0.4 is 19.5 Å². The summed E-state index contributed by atoms with van der Waals surface area (Å²) in [7, 11) is 0. The van der Waals surface area contributed by atoms with E-state index >= 15 is 0 Å². The van der Waals surface area contributed by atoms with Gasteiger partial charge in [-0.25, -0.2) is 4.39 Å². The lowest BCUT2D eigenvalue weighted by molar-refractivity contribution is -0.136. The topological polar surface area (TPSA) is 77.1 Å². The van der Waals surface area contributed by atoms with Gasteiger partial charge in [-0.3, -0.25) is 9.59 Å². The molecule has 2 aromatic carbocycles. The molecule has 0 aliphatic carbocycles. The minimum atomic E-state index is -0.357. The lowest BCUT2D eigenvalue weighted by Gasteiger charge is -2.31. The highest BCUT2D eigenvalue weighted by atomic mass is 19.1. The zero-order valence-corrected chi connectivity index (χ0v) is 15.7. The van der Waals surface area contributed by atoms with Crippen molar-refractivity contribution in [1.82, 2.24) is 4.90 Å². The van der Waals surface area contributed by atoms with Gasteiger partial charge in [0, 0.05) is 30.8 Å². The van der Waals surface area contributed by atoms with Crippen molar-refractivity contribution in [3.63, 3.8) is 0 Å². The summed E-state index contributed by atoms with van der Waals surface area (Å²) in [4.78, 5) is 26.5. The van der Waals surface area contributed by atoms with Gasteiger partial charge in [0.15, 0.2) is 18.1 Å². The van der Waals surface area contributed by atoms with Crippen LogP contribution in [-0.2, 0) is 9.59 Å². The molecule has 1 fully saturated rings. The van der Waals surface area contributed by atoms with Crippen molar-refractivity contribution in [3.05, 3.63) is 48.3 Å². The Kier molecular flexibility index (Phi) is 5.50. The molecule has 4 rings (SSSR count). The van der Waals surface area contributed by atoms with Crippen LogP contribution in [0.5, 0.6) is 17.2 Å². The number of hydrogen-bond acceptors (Lipinski definition) is 5. The third-order valence-corrected chi connectivity index (χ3v) is 5.03. The van der Waals surface area contributed by atoms with Gasteiger partial charge < -0.3 is 24.4 Å². The maximum absolute atomic E-state index is 12.9. The lowest BCUT2D eigenvalue weighted by Crippen LogP contribution is -2.43. The highest BCUT2D eigenvalue weighted by Crippen LogP contribution is 2.34. The Morgan fingerprint density at radius 2 is 1.79 bits per heavy atom. The molecule has 1 saturated heterocycles. The summed E-state index contributed by atoms with van der Waals surface area (Å²) in [5, 5.41) is 2.90. The van der Waals surface area contributed by atoms with E-state index in [1.807, 2.05) is 0 Å². The summed E-state index contributed by atoms with van der Waals surface area (Å²) in [5.41, 5.74) is 0.658. The van der Waals surface area contributed by atoms with Crippen molar-refractivity contribution in [2.45, 2.75) is 12.8 Å². The van der Waals surface area contributed by atoms with E-state index in [4.69, 9.17) is 14.2 Å². The number of anilines is 1. The number of nitrogens with one attached hydrogen (secondary N) is 1. The second-order valence-corrected chi connectivity index (χ2v) is 6.95. The molecular formula is C21H21FN2O5. The van der Waals surface area contributed by atoms with Gasteiger partial charge in [-0.1, -0.05) is 0 Å². The second-order valence-electron chi connectivity index (χ2n) is 6.95. The second kappa shape index (κ2) is 8.38. The summed E-state index contributed by atoms with van der Waals surface area (Å²) in [6.07, 6.45) is 1.16. The molecule has 0 unspecified atom stereocenters. The average molecular weight is 400 g/mol. The molecule has 0 bridgehead atoms. The Hall–Kier alpha value is -3.29. The Morgan fingerprint density at radius 3 is 2.55 bits per heavy atom. The summed E-state index contributed by atoms with van der Waals surface area (Å²) in [5.74, 6) is 0.981. The van der Waals surface area contributed by atoms with Gasteiger partial charge in [0.25, 0.3) is 5.91 Å². The average Bonchev–Trinajstić information content (AvgIpc) is 3.21. The predicted molar refractivity (Wildman–Crippen MR) is 102 cm³/mol. The molecule has 2 aromatic rings. The first-order valence-electron chi connectivity index (χ1n) is 9.45. The molecule has 0 aromatic heterocycles. The van der Waals surface area contributed by atoms with Crippen molar-refractivity contribution >= 4 is 17.5 Å². The molecule has 2 aliphatic heterocycles. The van der Waals surface area contributed by atoms with Gasteiger partial charge in [-0.15, -0.1) is 0 Å². The van der Waals surface area contributed by atoms with E-state index in [1.165, 1.54) is 24.3 Å². The summed E-state index contributed by atoms with van der Waals surface area (Å²) in [6, 6.07) is 10.8. The van der Waals surface area contributed by atoms with Crippen LogP contribution in [0.4, 0.5) is 10.1 Å². The first kappa shape index (κ1) is 19.0. The molecule has 7 nitrogen and oxygen atoms in total. The van der Waals surface area contributed by atoms with Gasteiger partial charge in [-0.05, 0) is 49.2 Å². The summed E-state index contributed by atoms with van der Waals surface area (Å²) < 4.78 is 28.9. The Labute approximate surface area is 167 Å². The van der Waals surface area contributed by atoms with E-state index in [9.17, 15) is 14.0 Å². The van der Waals surface area contributed by atoms with Crippen LogP contribution in [0.1, 0.15) is 12.8 Å². The van der Waals surface area contributed by atoms with Gasteiger partial charge in [0.1, 0.15) is 11.6 Å². The summed E-state index contributed by atoms with van der Waals surface area (Å²) >= 11 is 0. The number of rotatable bonds is 5. The number of halogens is 1. The molecule has 29 heavy (non-hydrogen) atoms. The number of likely N-dealkylation sites (tertiary alicyclic amines) is 1. The molecule has 0 saturated carbocycles. The fraction of sp³-hybridized carbons (Fsp3) is 0.333. The zero-order chi connectivity index (χ0) is 20.2. The van der Waals surface area contributed by atoms with Gasteiger partial charge >= 0.3 is 0 Å². The maximum atomic E-state index is 12.9. The van der Waals surface area contributed by atoms with E-state index < -0.39 is 0 Å². The first-order chi connectivity index (χ1) is 14.1. The molecule has 2 aliphatic rings. The van der Waals surface area contributed by atoms with Crippen molar-refractivity contribution in [3.8, 4) is 17.2 Å². The normalized spacial score (nSPS) is 15.8. The molecule has 1 N–H and O–H groups in total. The molecule has 2 amide bonds. The smallest absolute Gasteiger partial charge is 0.260 e. The zero-order valence-electron chi connectivity index (χ0n) is 15.7.